The Labute approximate surface area is 134 Å². The van der Waals surface area contributed by atoms with E-state index in [-0.39, 0.29) is 12.0 Å². The van der Waals surface area contributed by atoms with Crippen LogP contribution in [0.4, 0.5) is 0 Å². The number of benzene rings is 1. The Morgan fingerprint density at radius 2 is 2.14 bits per heavy atom. The third-order valence-electron chi connectivity index (χ3n) is 3.92. The van der Waals surface area contributed by atoms with Crippen LogP contribution in [0.5, 0.6) is 0 Å². The van der Waals surface area contributed by atoms with Gasteiger partial charge in [0, 0.05) is 26.1 Å². The van der Waals surface area contributed by atoms with Crippen LogP contribution in [0.3, 0.4) is 0 Å². The summed E-state index contributed by atoms with van der Waals surface area (Å²) in [5.41, 5.74) is 1.03. The number of hydrogen-bond acceptors (Lipinski definition) is 5. The largest absolute Gasteiger partial charge is 0.393 e. The number of aliphatic hydroxyl groups is 1. The van der Waals surface area contributed by atoms with Crippen LogP contribution in [0.2, 0.25) is 0 Å². The lowest BCUT2D eigenvalue weighted by atomic mass is 10.1. The third-order valence-corrected chi connectivity index (χ3v) is 5.02. The SMILES string of the molecule is O=C(CN1CCC(O)CC1)NCCc1nc2ccccc2s1. The summed E-state index contributed by atoms with van der Waals surface area (Å²) in [7, 11) is 0. The molecule has 0 aliphatic carbocycles. The maximum Gasteiger partial charge on any atom is 0.234 e. The first kappa shape index (κ1) is 15.4. The first-order valence-corrected chi connectivity index (χ1v) is 8.54. The van der Waals surface area contributed by atoms with E-state index in [1.54, 1.807) is 11.3 Å². The molecule has 5 nitrogen and oxygen atoms in total. The molecule has 0 radical (unpaired) electrons. The van der Waals surface area contributed by atoms with Crippen molar-refractivity contribution in [3.05, 3.63) is 29.3 Å². The zero-order valence-electron chi connectivity index (χ0n) is 12.5. The fraction of sp³-hybridized carbons (Fsp3) is 0.500. The topological polar surface area (TPSA) is 65.5 Å². The zero-order chi connectivity index (χ0) is 15.4. The summed E-state index contributed by atoms with van der Waals surface area (Å²) in [6, 6.07) is 8.09. The van der Waals surface area contributed by atoms with E-state index in [4.69, 9.17) is 0 Å². The molecule has 1 aliphatic heterocycles. The second kappa shape index (κ2) is 7.17. The molecule has 22 heavy (non-hydrogen) atoms. The summed E-state index contributed by atoms with van der Waals surface area (Å²) in [5, 5.41) is 13.5. The van der Waals surface area contributed by atoms with Gasteiger partial charge in [-0.15, -0.1) is 11.3 Å². The lowest BCUT2D eigenvalue weighted by molar-refractivity contribution is -0.122. The minimum Gasteiger partial charge on any atom is -0.393 e. The van der Waals surface area contributed by atoms with Gasteiger partial charge in [-0.1, -0.05) is 12.1 Å². The molecular weight excluding hydrogens is 298 g/mol. The first-order valence-electron chi connectivity index (χ1n) is 7.72. The maximum absolute atomic E-state index is 11.9. The number of carbonyl (C=O) groups is 1. The van der Waals surface area contributed by atoms with Crippen molar-refractivity contribution in [1.29, 1.82) is 0 Å². The van der Waals surface area contributed by atoms with Crippen molar-refractivity contribution in [3.63, 3.8) is 0 Å². The molecule has 1 aromatic heterocycles. The molecule has 3 rings (SSSR count). The molecule has 1 fully saturated rings. The molecular formula is C16H21N3O2S. The van der Waals surface area contributed by atoms with Gasteiger partial charge >= 0.3 is 0 Å². The van der Waals surface area contributed by atoms with Crippen molar-refractivity contribution >= 4 is 27.5 Å². The number of fused-ring (bicyclic) bond motifs is 1. The van der Waals surface area contributed by atoms with Gasteiger partial charge in [0.05, 0.1) is 27.9 Å². The van der Waals surface area contributed by atoms with E-state index in [0.717, 1.165) is 42.9 Å². The molecule has 1 aromatic carbocycles. The van der Waals surface area contributed by atoms with Crippen LogP contribution in [0.25, 0.3) is 10.2 Å². The van der Waals surface area contributed by atoms with E-state index in [9.17, 15) is 9.90 Å². The number of thiazole rings is 1. The second-order valence-corrected chi connectivity index (χ2v) is 6.80. The van der Waals surface area contributed by atoms with E-state index in [1.807, 2.05) is 18.2 Å². The number of aromatic nitrogens is 1. The number of amides is 1. The highest BCUT2D eigenvalue weighted by molar-refractivity contribution is 7.18. The molecule has 0 atom stereocenters. The van der Waals surface area contributed by atoms with Crippen LogP contribution in [-0.4, -0.2) is 53.2 Å². The van der Waals surface area contributed by atoms with Crippen molar-refractivity contribution in [2.75, 3.05) is 26.2 Å². The smallest absolute Gasteiger partial charge is 0.234 e. The van der Waals surface area contributed by atoms with Gasteiger partial charge in [0.1, 0.15) is 0 Å². The summed E-state index contributed by atoms with van der Waals surface area (Å²) >= 11 is 1.68. The highest BCUT2D eigenvalue weighted by Gasteiger charge is 2.18. The van der Waals surface area contributed by atoms with E-state index < -0.39 is 0 Å². The minimum atomic E-state index is -0.196. The fourth-order valence-electron chi connectivity index (χ4n) is 2.67. The number of nitrogens with zero attached hydrogens (tertiary/aromatic N) is 2. The van der Waals surface area contributed by atoms with Crippen molar-refractivity contribution in [2.24, 2.45) is 0 Å². The van der Waals surface area contributed by atoms with Gasteiger partial charge in [-0.2, -0.15) is 0 Å². The maximum atomic E-state index is 11.9. The summed E-state index contributed by atoms with van der Waals surface area (Å²) in [4.78, 5) is 18.6. The summed E-state index contributed by atoms with van der Waals surface area (Å²) in [6.45, 7) is 2.64. The molecule has 2 aromatic rings. The van der Waals surface area contributed by atoms with Crippen LogP contribution in [0.15, 0.2) is 24.3 Å². The van der Waals surface area contributed by atoms with E-state index in [2.05, 4.69) is 21.3 Å². The number of nitrogens with one attached hydrogen (secondary N) is 1. The molecule has 2 heterocycles. The van der Waals surface area contributed by atoms with Crippen molar-refractivity contribution in [3.8, 4) is 0 Å². The van der Waals surface area contributed by atoms with Crippen LogP contribution in [0.1, 0.15) is 17.8 Å². The Bertz CT molecular complexity index is 602. The van der Waals surface area contributed by atoms with E-state index in [0.29, 0.717) is 13.1 Å². The molecule has 0 saturated carbocycles. The molecule has 0 unspecified atom stereocenters. The number of hydrogen-bond donors (Lipinski definition) is 2. The van der Waals surface area contributed by atoms with Gasteiger partial charge in [0.25, 0.3) is 0 Å². The normalized spacial score (nSPS) is 17.0. The van der Waals surface area contributed by atoms with Gasteiger partial charge in [-0.05, 0) is 25.0 Å². The lowest BCUT2D eigenvalue weighted by Gasteiger charge is -2.28. The van der Waals surface area contributed by atoms with Crippen LogP contribution in [0, 0.1) is 0 Å². The fourth-order valence-corrected chi connectivity index (χ4v) is 3.64. The number of likely N-dealkylation sites (tertiary alicyclic amines) is 1. The van der Waals surface area contributed by atoms with Gasteiger partial charge in [0.15, 0.2) is 0 Å². The summed E-state index contributed by atoms with van der Waals surface area (Å²) in [6.07, 6.45) is 2.10. The quantitative estimate of drug-likeness (QED) is 0.874. The number of piperidine rings is 1. The molecule has 2 N–H and O–H groups in total. The predicted octanol–water partition coefficient (Wildman–Crippen LogP) is 1.41. The van der Waals surface area contributed by atoms with Gasteiger partial charge in [-0.25, -0.2) is 4.98 Å². The molecule has 1 aliphatic rings. The average Bonchev–Trinajstić information content (AvgIpc) is 2.92. The number of para-hydroxylation sites is 1. The molecule has 118 valence electrons. The zero-order valence-corrected chi connectivity index (χ0v) is 13.3. The highest BCUT2D eigenvalue weighted by Crippen LogP contribution is 2.21. The van der Waals surface area contributed by atoms with Crippen LogP contribution >= 0.6 is 11.3 Å². The second-order valence-electron chi connectivity index (χ2n) is 5.68. The van der Waals surface area contributed by atoms with Gasteiger partial charge in [0.2, 0.25) is 5.91 Å². The molecule has 1 amide bonds. The highest BCUT2D eigenvalue weighted by atomic mass is 32.1. The summed E-state index contributed by atoms with van der Waals surface area (Å²) in [5.74, 6) is 0.0532. The van der Waals surface area contributed by atoms with Crippen LogP contribution < -0.4 is 5.32 Å². The van der Waals surface area contributed by atoms with Crippen molar-refractivity contribution < 1.29 is 9.90 Å². The Kier molecular flexibility index (Phi) is 5.02. The number of carbonyl (C=O) groups excluding carboxylic acids is 1. The molecule has 0 bridgehead atoms. The van der Waals surface area contributed by atoms with E-state index >= 15 is 0 Å². The van der Waals surface area contributed by atoms with Gasteiger partial charge in [-0.3, -0.25) is 9.69 Å². The molecule has 6 heteroatoms. The van der Waals surface area contributed by atoms with Gasteiger partial charge < -0.3 is 10.4 Å². The predicted molar refractivity (Wildman–Crippen MR) is 88.0 cm³/mol. The van der Waals surface area contributed by atoms with E-state index in [1.165, 1.54) is 4.70 Å². The average molecular weight is 319 g/mol. The molecule has 0 spiro atoms. The minimum absolute atomic E-state index is 0.0532. The lowest BCUT2D eigenvalue weighted by Crippen LogP contribution is -2.42. The van der Waals surface area contributed by atoms with Crippen molar-refractivity contribution in [2.45, 2.75) is 25.4 Å². The Hall–Kier alpha value is -1.50. The summed E-state index contributed by atoms with van der Waals surface area (Å²) < 4.78 is 1.19. The standard InChI is InChI=1S/C16H21N3O2S/c20-12-6-9-19(10-7-12)11-15(21)17-8-5-16-18-13-3-1-2-4-14(13)22-16/h1-4,12,20H,5-11H2,(H,17,21). The van der Waals surface area contributed by atoms with Crippen molar-refractivity contribution in [1.82, 2.24) is 15.2 Å². The third kappa shape index (κ3) is 4.03. The molecule has 1 saturated heterocycles. The Morgan fingerprint density at radius 3 is 2.91 bits per heavy atom. The Balaban J connectivity index is 1.41. The number of rotatable bonds is 5. The monoisotopic (exact) mass is 319 g/mol. The number of aliphatic hydroxyl groups excluding tert-OH is 1. The first-order chi connectivity index (χ1) is 10.7. The van der Waals surface area contributed by atoms with Crippen LogP contribution in [-0.2, 0) is 11.2 Å². The Morgan fingerprint density at radius 1 is 1.36 bits per heavy atom.